The van der Waals surface area contributed by atoms with E-state index in [9.17, 15) is 4.79 Å². The fraction of sp³-hybridized carbons (Fsp3) is 0.318. The molecule has 5 heteroatoms. The van der Waals surface area contributed by atoms with E-state index in [1.807, 2.05) is 23.9 Å². The minimum atomic E-state index is 0.121. The monoisotopic (exact) mass is 379 g/mol. The van der Waals surface area contributed by atoms with E-state index < -0.39 is 0 Å². The maximum absolute atomic E-state index is 12.5. The van der Waals surface area contributed by atoms with Crippen LogP contribution in [0.3, 0.4) is 0 Å². The van der Waals surface area contributed by atoms with E-state index in [0.717, 1.165) is 23.6 Å². The van der Waals surface area contributed by atoms with Crippen molar-refractivity contribution in [2.75, 3.05) is 24.6 Å². The van der Waals surface area contributed by atoms with Crippen molar-refractivity contribution in [3.8, 4) is 0 Å². The molecule has 1 fully saturated rings. The van der Waals surface area contributed by atoms with Crippen molar-refractivity contribution in [3.05, 3.63) is 71.9 Å². The van der Waals surface area contributed by atoms with Crippen LogP contribution in [-0.4, -0.2) is 41.5 Å². The van der Waals surface area contributed by atoms with Gasteiger partial charge < -0.3 is 15.6 Å². The van der Waals surface area contributed by atoms with Gasteiger partial charge in [-0.05, 0) is 17.2 Å². The van der Waals surface area contributed by atoms with Gasteiger partial charge in [-0.2, -0.15) is 11.8 Å². The van der Waals surface area contributed by atoms with Crippen LogP contribution in [0.15, 0.2) is 60.8 Å². The second-order valence-electron chi connectivity index (χ2n) is 6.99. The summed E-state index contributed by atoms with van der Waals surface area (Å²) in [5, 5.41) is 7.83. The van der Waals surface area contributed by atoms with Gasteiger partial charge in [-0.15, -0.1) is 0 Å². The number of amides is 1. The lowest BCUT2D eigenvalue weighted by atomic mass is 9.91. The number of benzene rings is 2. The van der Waals surface area contributed by atoms with Crippen LogP contribution in [0.2, 0.25) is 0 Å². The van der Waals surface area contributed by atoms with Crippen LogP contribution in [0.25, 0.3) is 10.9 Å². The Morgan fingerprint density at radius 3 is 2.78 bits per heavy atom. The first kappa shape index (κ1) is 18.1. The molecule has 2 aromatic carbocycles. The lowest BCUT2D eigenvalue weighted by Crippen LogP contribution is -2.42. The number of aromatic amines is 1. The number of carbonyl (C=O) groups excluding carboxylic acids is 1. The summed E-state index contributed by atoms with van der Waals surface area (Å²) in [6.07, 6.45) is 2.62. The maximum Gasteiger partial charge on any atom is 0.221 e. The van der Waals surface area contributed by atoms with Gasteiger partial charge in [-0.3, -0.25) is 4.79 Å². The summed E-state index contributed by atoms with van der Waals surface area (Å²) >= 11 is 1.92. The molecular formula is C22H25N3OS. The molecule has 3 aromatic rings. The van der Waals surface area contributed by atoms with E-state index in [1.165, 1.54) is 16.5 Å². The molecule has 4 rings (SSSR count). The quantitative estimate of drug-likeness (QED) is 0.614. The summed E-state index contributed by atoms with van der Waals surface area (Å²) in [5.74, 6) is 2.39. The first-order valence-corrected chi connectivity index (χ1v) is 10.7. The van der Waals surface area contributed by atoms with Crippen LogP contribution in [0.4, 0.5) is 0 Å². The Morgan fingerprint density at radius 2 is 1.96 bits per heavy atom. The number of aromatic nitrogens is 1. The first-order valence-electron chi connectivity index (χ1n) is 9.50. The number of fused-ring (bicyclic) bond motifs is 1. The van der Waals surface area contributed by atoms with E-state index in [1.54, 1.807) is 0 Å². The summed E-state index contributed by atoms with van der Waals surface area (Å²) < 4.78 is 0. The van der Waals surface area contributed by atoms with Crippen molar-refractivity contribution < 1.29 is 4.79 Å². The van der Waals surface area contributed by atoms with Gasteiger partial charge >= 0.3 is 0 Å². The van der Waals surface area contributed by atoms with Crippen molar-refractivity contribution in [1.82, 2.24) is 15.6 Å². The number of hydrogen-bond donors (Lipinski definition) is 3. The van der Waals surface area contributed by atoms with Gasteiger partial charge in [0.2, 0.25) is 5.91 Å². The summed E-state index contributed by atoms with van der Waals surface area (Å²) in [6, 6.07) is 19.0. The third kappa shape index (κ3) is 4.37. The largest absolute Gasteiger partial charge is 0.361 e. The molecule has 0 aliphatic carbocycles. The Bertz CT molecular complexity index is 887. The smallest absolute Gasteiger partial charge is 0.221 e. The van der Waals surface area contributed by atoms with E-state index in [2.05, 4.69) is 64.3 Å². The lowest BCUT2D eigenvalue weighted by Gasteiger charge is -2.23. The maximum atomic E-state index is 12.5. The molecule has 0 bridgehead atoms. The number of rotatable bonds is 6. The Labute approximate surface area is 164 Å². The summed E-state index contributed by atoms with van der Waals surface area (Å²) in [5.41, 5.74) is 3.57. The summed E-state index contributed by atoms with van der Waals surface area (Å²) in [4.78, 5) is 15.9. The van der Waals surface area contributed by atoms with Crippen LogP contribution in [-0.2, 0) is 4.79 Å². The Balaban J connectivity index is 1.51. The molecule has 3 N–H and O–H groups in total. The molecule has 0 radical (unpaired) electrons. The number of para-hydroxylation sites is 1. The minimum absolute atomic E-state index is 0.121. The highest BCUT2D eigenvalue weighted by Crippen LogP contribution is 2.30. The van der Waals surface area contributed by atoms with Crippen molar-refractivity contribution in [2.24, 2.45) is 0 Å². The van der Waals surface area contributed by atoms with E-state index in [-0.39, 0.29) is 17.9 Å². The van der Waals surface area contributed by atoms with Crippen molar-refractivity contribution >= 4 is 28.6 Å². The molecule has 1 saturated heterocycles. The number of nitrogens with one attached hydrogen (secondary N) is 3. The van der Waals surface area contributed by atoms with Crippen LogP contribution in [0.5, 0.6) is 0 Å². The first-order chi connectivity index (χ1) is 13.3. The molecule has 1 aromatic heterocycles. The molecule has 140 valence electrons. The van der Waals surface area contributed by atoms with Gasteiger partial charge in [-0.25, -0.2) is 0 Å². The molecule has 2 heterocycles. The van der Waals surface area contributed by atoms with Crippen molar-refractivity contribution in [2.45, 2.75) is 18.4 Å². The van der Waals surface area contributed by atoms with Crippen LogP contribution >= 0.6 is 11.8 Å². The fourth-order valence-corrected chi connectivity index (χ4v) is 4.69. The molecule has 0 spiro atoms. The fourth-order valence-electron chi connectivity index (χ4n) is 3.74. The minimum Gasteiger partial charge on any atom is -0.361 e. The van der Waals surface area contributed by atoms with Crippen molar-refractivity contribution in [1.29, 1.82) is 0 Å². The second-order valence-corrected chi connectivity index (χ2v) is 8.14. The third-order valence-electron chi connectivity index (χ3n) is 5.13. The average molecular weight is 380 g/mol. The van der Waals surface area contributed by atoms with Crippen molar-refractivity contribution in [3.63, 3.8) is 0 Å². The van der Waals surface area contributed by atoms with Gasteiger partial charge in [0.05, 0.1) is 0 Å². The highest BCUT2D eigenvalue weighted by Gasteiger charge is 2.21. The predicted molar refractivity (Wildman–Crippen MR) is 113 cm³/mol. The number of carbonyl (C=O) groups is 1. The SMILES string of the molecule is O=C(CC1CSCCN1)NCC(c1ccccc1)c1c[nH]c2ccccc12. The molecule has 0 saturated carbocycles. The van der Waals surface area contributed by atoms with Crippen LogP contribution < -0.4 is 10.6 Å². The van der Waals surface area contributed by atoms with Gasteiger partial charge in [0.1, 0.15) is 0 Å². The number of H-pyrrole nitrogens is 1. The van der Waals surface area contributed by atoms with Gasteiger partial charge in [-0.1, -0.05) is 48.5 Å². The Morgan fingerprint density at radius 1 is 1.15 bits per heavy atom. The Hall–Kier alpha value is -2.24. The van der Waals surface area contributed by atoms with E-state index >= 15 is 0 Å². The van der Waals surface area contributed by atoms with Gasteiger partial charge in [0, 0.05) is 60.1 Å². The number of hydrogen-bond acceptors (Lipinski definition) is 3. The Kier molecular flexibility index (Phi) is 5.80. The zero-order valence-corrected chi connectivity index (χ0v) is 16.1. The molecule has 1 aliphatic heterocycles. The average Bonchev–Trinajstić information content (AvgIpc) is 3.14. The zero-order valence-electron chi connectivity index (χ0n) is 15.3. The summed E-state index contributed by atoms with van der Waals surface area (Å²) in [6.45, 7) is 1.59. The standard InChI is InChI=1S/C22H25N3OS/c26-22(12-17-15-27-11-10-23-17)25-13-19(16-6-2-1-3-7-16)20-14-24-21-9-5-4-8-18(20)21/h1-9,14,17,19,23-24H,10-13,15H2,(H,25,26). The van der Waals surface area contributed by atoms with E-state index in [0.29, 0.717) is 13.0 Å². The molecule has 1 aliphatic rings. The normalized spacial score (nSPS) is 18.3. The summed E-state index contributed by atoms with van der Waals surface area (Å²) in [7, 11) is 0. The van der Waals surface area contributed by atoms with Crippen LogP contribution in [0, 0.1) is 0 Å². The zero-order chi connectivity index (χ0) is 18.5. The lowest BCUT2D eigenvalue weighted by molar-refractivity contribution is -0.121. The molecule has 2 unspecified atom stereocenters. The molecule has 4 nitrogen and oxygen atoms in total. The predicted octanol–water partition coefficient (Wildman–Crippen LogP) is 3.51. The topological polar surface area (TPSA) is 56.9 Å². The highest BCUT2D eigenvalue weighted by molar-refractivity contribution is 7.99. The number of thioether (sulfide) groups is 1. The van der Waals surface area contributed by atoms with Crippen LogP contribution in [0.1, 0.15) is 23.5 Å². The van der Waals surface area contributed by atoms with E-state index in [4.69, 9.17) is 0 Å². The highest BCUT2D eigenvalue weighted by atomic mass is 32.2. The molecule has 1 amide bonds. The van der Waals surface area contributed by atoms with Gasteiger partial charge in [0.25, 0.3) is 0 Å². The molecule has 2 atom stereocenters. The third-order valence-corrected chi connectivity index (χ3v) is 6.26. The molecule has 27 heavy (non-hydrogen) atoms. The second kappa shape index (κ2) is 8.63. The molecular weight excluding hydrogens is 354 g/mol. The van der Waals surface area contributed by atoms with Gasteiger partial charge in [0.15, 0.2) is 0 Å².